The van der Waals surface area contributed by atoms with Crippen molar-refractivity contribution in [3.63, 3.8) is 0 Å². The number of halogens is 1. The van der Waals surface area contributed by atoms with Crippen molar-refractivity contribution in [2.45, 2.75) is 6.92 Å². The monoisotopic (exact) mass is 254 g/mol. The molecule has 2 rings (SSSR count). The predicted molar refractivity (Wildman–Crippen MR) is 59.7 cm³/mol. The summed E-state index contributed by atoms with van der Waals surface area (Å²) in [5.74, 6) is 0.840. The van der Waals surface area contributed by atoms with Gasteiger partial charge in [-0.05, 0) is 28.9 Å². The molecule has 0 bridgehead atoms. The highest BCUT2D eigenvalue weighted by molar-refractivity contribution is 9.10. The number of aromatic nitrogens is 2. The van der Waals surface area contributed by atoms with Crippen LogP contribution >= 0.6 is 15.9 Å². The SMILES string of the molecule is COc1cc(Br)c2c(C)nn(C)c2c1. The Morgan fingerprint density at radius 3 is 2.79 bits per heavy atom. The largest absolute Gasteiger partial charge is 0.497 e. The van der Waals surface area contributed by atoms with E-state index in [4.69, 9.17) is 4.74 Å². The van der Waals surface area contributed by atoms with Crippen LogP contribution in [0, 0.1) is 6.92 Å². The van der Waals surface area contributed by atoms with Gasteiger partial charge >= 0.3 is 0 Å². The summed E-state index contributed by atoms with van der Waals surface area (Å²) >= 11 is 3.52. The van der Waals surface area contributed by atoms with Gasteiger partial charge in [-0.1, -0.05) is 0 Å². The summed E-state index contributed by atoms with van der Waals surface area (Å²) in [5, 5.41) is 5.50. The Hall–Kier alpha value is -1.03. The van der Waals surface area contributed by atoms with Crippen molar-refractivity contribution in [2.75, 3.05) is 7.11 Å². The molecule has 0 aliphatic rings. The molecule has 1 aromatic heterocycles. The zero-order valence-electron chi connectivity index (χ0n) is 8.34. The highest BCUT2D eigenvalue weighted by Gasteiger charge is 2.09. The van der Waals surface area contributed by atoms with Gasteiger partial charge < -0.3 is 4.74 Å². The predicted octanol–water partition coefficient (Wildman–Crippen LogP) is 2.65. The van der Waals surface area contributed by atoms with E-state index < -0.39 is 0 Å². The second-order valence-corrected chi connectivity index (χ2v) is 4.07. The molecule has 0 N–H and O–H groups in total. The lowest BCUT2D eigenvalue weighted by molar-refractivity contribution is 0.415. The Kier molecular flexibility index (Phi) is 2.23. The number of hydrogen-bond donors (Lipinski definition) is 0. The number of nitrogens with zero attached hydrogens (tertiary/aromatic N) is 2. The van der Waals surface area contributed by atoms with Gasteiger partial charge in [0.25, 0.3) is 0 Å². The van der Waals surface area contributed by atoms with Crippen molar-refractivity contribution in [3.8, 4) is 5.75 Å². The van der Waals surface area contributed by atoms with Crippen LogP contribution in [0.2, 0.25) is 0 Å². The van der Waals surface area contributed by atoms with E-state index in [2.05, 4.69) is 21.0 Å². The lowest BCUT2D eigenvalue weighted by Gasteiger charge is -2.02. The molecule has 0 atom stereocenters. The highest BCUT2D eigenvalue weighted by atomic mass is 79.9. The number of hydrogen-bond acceptors (Lipinski definition) is 2. The summed E-state index contributed by atoms with van der Waals surface area (Å²) in [6.07, 6.45) is 0. The van der Waals surface area contributed by atoms with Gasteiger partial charge in [-0.3, -0.25) is 4.68 Å². The fraction of sp³-hybridized carbons (Fsp3) is 0.300. The van der Waals surface area contributed by atoms with Crippen LogP contribution in [0.25, 0.3) is 10.9 Å². The zero-order valence-corrected chi connectivity index (χ0v) is 9.92. The summed E-state index contributed by atoms with van der Waals surface area (Å²) < 4.78 is 8.08. The molecule has 1 heterocycles. The van der Waals surface area contributed by atoms with Gasteiger partial charge in [-0.25, -0.2) is 0 Å². The molecule has 0 saturated carbocycles. The van der Waals surface area contributed by atoms with E-state index in [-0.39, 0.29) is 0 Å². The van der Waals surface area contributed by atoms with Gasteiger partial charge in [0.05, 0.1) is 18.3 Å². The van der Waals surface area contributed by atoms with Crippen LogP contribution in [0.1, 0.15) is 5.69 Å². The van der Waals surface area contributed by atoms with E-state index in [1.807, 2.05) is 30.8 Å². The smallest absolute Gasteiger partial charge is 0.122 e. The second-order valence-electron chi connectivity index (χ2n) is 3.21. The van der Waals surface area contributed by atoms with Crippen molar-refractivity contribution < 1.29 is 4.74 Å². The van der Waals surface area contributed by atoms with Crippen molar-refractivity contribution in [1.82, 2.24) is 9.78 Å². The van der Waals surface area contributed by atoms with Gasteiger partial charge in [-0.2, -0.15) is 5.10 Å². The first-order chi connectivity index (χ1) is 6.63. The molecule has 2 aromatic rings. The van der Waals surface area contributed by atoms with E-state index >= 15 is 0 Å². The average molecular weight is 255 g/mol. The van der Waals surface area contributed by atoms with Crippen LogP contribution in [-0.4, -0.2) is 16.9 Å². The van der Waals surface area contributed by atoms with Crippen molar-refractivity contribution in [2.24, 2.45) is 7.05 Å². The van der Waals surface area contributed by atoms with Crippen LogP contribution in [-0.2, 0) is 7.05 Å². The first-order valence-electron chi connectivity index (χ1n) is 4.30. The number of fused-ring (bicyclic) bond motifs is 1. The fourth-order valence-corrected chi connectivity index (χ4v) is 2.34. The van der Waals surface area contributed by atoms with Gasteiger partial charge in [0.1, 0.15) is 5.75 Å². The highest BCUT2D eigenvalue weighted by Crippen LogP contribution is 2.31. The lowest BCUT2D eigenvalue weighted by Crippen LogP contribution is -1.90. The number of ether oxygens (including phenoxy) is 1. The number of benzene rings is 1. The third-order valence-electron chi connectivity index (χ3n) is 2.29. The van der Waals surface area contributed by atoms with Crippen LogP contribution in [0.5, 0.6) is 5.75 Å². The Morgan fingerprint density at radius 1 is 1.43 bits per heavy atom. The molecular formula is C10H11BrN2O. The van der Waals surface area contributed by atoms with Crippen LogP contribution in [0.3, 0.4) is 0 Å². The number of methoxy groups -OCH3 is 1. The first-order valence-corrected chi connectivity index (χ1v) is 5.09. The maximum Gasteiger partial charge on any atom is 0.122 e. The Labute approximate surface area is 90.8 Å². The minimum absolute atomic E-state index is 0.840. The molecule has 0 fully saturated rings. The van der Waals surface area contributed by atoms with Crippen molar-refractivity contribution >= 4 is 26.8 Å². The fourth-order valence-electron chi connectivity index (χ4n) is 1.63. The third-order valence-corrected chi connectivity index (χ3v) is 2.91. The van der Waals surface area contributed by atoms with Crippen molar-refractivity contribution in [1.29, 1.82) is 0 Å². The molecule has 74 valence electrons. The van der Waals surface area contributed by atoms with Crippen LogP contribution in [0.15, 0.2) is 16.6 Å². The lowest BCUT2D eigenvalue weighted by atomic mass is 10.2. The van der Waals surface area contributed by atoms with E-state index in [1.165, 1.54) is 0 Å². The quantitative estimate of drug-likeness (QED) is 0.783. The molecule has 0 amide bonds. The van der Waals surface area contributed by atoms with Gasteiger partial charge in [0, 0.05) is 23.0 Å². The normalized spacial score (nSPS) is 10.9. The van der Waals surface area contributed by atoms with Gasteiger partial charge in [-0.15, -0.1) is 0 Å². The molecule has 3 nitrogen and oxygen atoms in total. The van der Waals surface area contributed by atoms with Gasteiger partial charge in [0.2, 0.25) is 0 Å². The minimum Gasteiger partial charge on any atom is -0.497 e. The topological polar surface area (TPSA) is 27.1 Å². The molecule has 0 spiro atoms. The molecule has 0 aliphatic heterocycles. The molecular weight excluding hydrogens is 244 g/mol. The maximum absolute atomic E-state index is 5.20. The first kappa shape index (κ1) is 9.52. The average Bonchev–Trinajstić information content (AvgIpc) is 2.42. The summed E-state index contributed by atoms with van der Waals surface area (Å²) in [4.78, 5) is 0. The summed E-state index contributed by atoms with van der Waals surface area (Å²) in [5.41, 5.74) is 2.10. The maximum atomic E-state index is 5.20. The molecule has 4 heteroatoms. The van der Waals surface area contributed by atoms with E-state index in [0.29, 0.717) is 0 Å². The number of rotatable bonds is 1. The third kappa shape index (κ3) is 1.30. The number of aryl methyl sites for hydroxylation is 2. The molecule has 1 aromatic carbocycles. The second kappa shape index (κ2) is 3.28. The van der Waals surface area contributed by atoms with Crippen LogP contribution in [0.4, 0.5) is 0 Å². The van der Waals surface area contributed by atoms with Gasteiger partial charge in [0.15, 0.2) is 0 Å². The molecule has 0 aliphatic carbocycles. The van der Waals surface area contributed by atoms with E-state index in [0.717, 1.165) is 26.8 Å². The molecule has 0 saturated heterocycles. The standard InChI is InChI=1S/C10H11BrN2O/c1-6-10-8(11)4-7(14-3)5-9(10)13(2)12-6/h4-5H,1-3H3. The minimum atomic E-state index is 0.840. The summed E-state index contributed by atoms with van der Waals surface area (Å²) in [6.45, 7) is 2.00. The molecule has 0 unspecified atom stereocenters. The Bertz CT molecular complexity index is 490. The zero-order chi connectivity index (χ0) is 10.3. The molecule has 0 radical (unpaired) electrons. The summed E-state index contributed by atoms with van der Waals surface area (Å²) in [7, 11) is 3.60. The van der Waals surface area contributed by atoms with Crippen molar-refractivity contribution in [3.05, 3.63) is 22.3 Å². The van der Waals surface area contributed by atoms with Crippen LogP contribution < -0.4 is 4.74 Å². The van der Waals surface area contributed by atoms with E-state index in [9.17, 15) is 0 Å². The molecule has 14 heavy (non-hydrogen) atoms. The van der Waals surface area contributed by atoms with E-state index in [1.54, 1.807) is 7.11 Å². The Balaban J connectivity index is 2.86. The summed E-state index contributed by atoms with van der Waals surface area (Å²) in [6, 6.07) is 3.94. The Morgan fingerprint density at radius 2 is 2.14 bits per heavy atom.